The van der Waals surface area contributed by atoms with Gasteiger partial charge in [0.1, 0.15) is 11.5 Å². The number of piperazine rings is 1. The van der Waals surface area contributed by atoms with Gasteiger partial charge in [0.15, 0.2) is 0 Å². The number of carbonyl (C=O) groups excluding carboxylic acids is 1. The van der Waals surface area contributed by atoms with E-state index in [4.69, 9.17) is 14.6 Å². The van der Waals surface area contributed by atoms with E-state index in [9.17, 15) is 4.79 Å². The van der Waals surface area contributed by atoms with Crippen molar-refractivity contribution < 1.29 is 14.3 Å². The molecule has 2 aliphatic rings. The fourth-order valence-electron chi connectivity index (χ4n) is 4.91. The zero-order valence-electron chi connectivity index (χ0n) is 21.0. The molecule has 7 nitrogen and oxygen atoms in total. The Morgan fingerprint density at radius 1 is 1.00 bits per heavy atom. The fourth-order valence-corrected chi connectivity index (χ4v) is 4.91. The number of carbonyl (C=O) groups is 1. The van der Waals surface area contributed by atoms with Crippen molar-refractivity contribution in [2.45, 2.75) is 33.2 Å². The molecule has 0 aliphatic carbocycles. The molecule has 1 unspecified atom stereocenters. The number of nitrogens with zero attached hydrogens (tertiary/aromatic N) is 4. The van der Waals surface area contributed by atoms with Gasteiger partial charge in [0, 0.05) is 44.2 Å². The molecule has 1 atom stereocenters. The normalized spacial score (nSPS) is 19.3. The highest BCUT2D eigenvalue weighted by atomic mass is 16.5. The summed E-state index contributed by atoms with van der Waals surface area (Å²) >= 11 is 0. The third kappa shape index (κ3) is 5.10. The quantitative estimate of drug-likeness (QED) is 0.626. The SMILES string of the molecule is CCN1CCN(CC(=O)N2N=C(c3ccc(OC)cc3OC)CC2c2ccc(C)cc2C)CC1. The second-order valence-corrected chi connectivity index (χ2v) is 9.14. The molecule has 182 valence electrons. The lowest BCUT2D eigenvalue weighted by Crippen LogP contribution is -2.49. The van der Waals surface area contributed by atoms with Gasteiger partial charge in [-0.25, -0.2) is 5.01 Å². The first kappa shape index (κ1) is 24.2. The fraction of sp³-hybridized carbons (Fsp3) is 0.481. The van der Waals surface area contributed by atoms with Crippen LogP contribution in [0.25, 0.3) is 0 Å². The minimum Gasteiger partial charge on any atom is -0.497 e. The van der Waals surface area contributed by atoms with Crippen molar-refractivity contribution in [1.29, 1.82) is 0 Å². The van der Waals surface area contributed by atoms with E-state index >= 15 is 0 Å². The molecule has 2 heterocycles. The van der Waals surface area contributed by atoms with Crippen LogP contribution in [0.4, 0.5) is 0 Å². The van der Waals surface area contributed by atoms with Gasteiger partial charge < -0.3 is 14.4 Å². The summed E-state index contributed by atoms with van der Waals surface area (Å²) in [7, 11) is 3.28. The summed E-state index contributed by atoms with van der Waals surface area (Å²) in [6.07, 6.45) is 0.641. The van der Waals surface area contributed by atoms with Crippen molar-refractivity contribution >= 4 is 11.6 Å². The van der Waals surface area contributed by atoms with E-state index < -0.39 is 0 Å². The molecule has 4 rings (SSSR count). The Hall–Kier alpha value is -2.90. The molecular weight excluding hydrogens is 428 g/mol. The molecule has 2 aliphatic heterocycles. The number of benzene rings is 2. The van der Waals surface area contributed by atoms with Crippen LogP contribution in [0.2, 0.25) is 0 Å². The first-order valence-electron chi connectivity index (χ1n) is 12.1. The van der Waals surface area contributed by atoms with Crippen molar-refractivity contribution in [3.8, 4) is 11.5 Å². The number of ether oxygens (including phenoxy) is 2. The van der Waals surface area contributed by atoms with Crippen molar-refractivity contribution in [1.82, 2.24) is 14.8 Å². The van der Waals surface area contributed by atoms with Crippen LogP contribution in [-0.4, -0.2) is 79.9 Å². The van der Waals surface area contributed by atoms with E-state index in [0.717, 1.165) is 55.3 Å². The van der Waals surface area contributed by atoms with Gasteiger partial charge in [0.2, 0.25) is 0 Å². The van der Waals surface area contributed by atoms with E-state index in [1.54, 1.807) is 19.2 Å². The van der Waals surface area contributed by atoms with Gasteiger partial charge in [-0.2, -0.15) is 5.10 Å². The van der Waals surface area contributed by atoms with E-state index in [-0.39, 0.29) is 11.9 Å². The molecule has 1 amide bonds. The highest BCUT2D eigenvalue weighted by Crippen LogP contribution is 2.37. The summed E-state index contributed by atoms with van der Waals surface area (Å²) in [6.45, 7) is 11.6. The lowest BCUT2D eigenvalue weighted by molar-refractivity contribution is -0.134. The molecule has 34 heavy (non-hydrogen) atoms. The molecule has 2 aromatic rings. The minimum absolute atomic E-state index is 0.0393. The van der Waals surface area contributed by atoms with Crippen LogP contribution >= 0.6 is 0 Å². The highest BCUT2D eigenvalue weighted by molar-refractivity contribution is 6.05. The zero-order chi connectivity index (χ0) is 24.2. The van der Waals surface area contributed by atoms with Gasteiger partial charge in [0.25, 0.3) is 5.91 Å². The molecule has 0 spiro atoms. The second kappa shape index (κ2) is 10.6. The Morgan fingerprint density at radius 2 is 1.74 bits per heavy atom. The highest BCUT2D eigenvalue weighted by Gasteiger charge is 2.35. The third-order valence-electron chi connectivity index (χ3n) is 6.94. The van der Waals surface area contributed by atoms with Crippen LogP contribution in [0.5, 0.6) is 11.5 Å². The predicted molar refractivity (Wildman–Crippen MR) is 135 cm³/mol. The Morgan fingerprint density at radius 3 is 2.38 bits per heavy atom. The molecule has 0 bridgehead atoms. The first-order valence-corrected chi connectivity index (χ1v) is 12.1. The second-order valence-electron chi connectivity index (χ2n) is 9.14. The predicted octanol–water partition coefficient (Wildman–Crippen LogP) is 3.64. The van der Waals surface area contributed by atoms with Crippen LogP contribution in [0.1, 0.15) is 41.6 Å². The van der Waals surface area contributed by atoms with Crippen LogP contribution in [-0.2, 0) is 4.79 Å². The maximum absolute atomic E-state index is 13.6. The largest absolute Gasteiger partial charge is 0.497 e. The molecular formula is C27H36N4O3. The molecule has 0 saturated carbocycles. The maximum atomic E-state index is 13.6. The van der Waals surface area contributed by atoms with E-state index in [2.05, 4.69) is 48.8 Å². The Kier molecular flexibility index (Phi) is 7.54. The summed E-state index contributed by atoms with van der Waals surface area (Å²) in [4.78, 5) is 18.2. The van der Waals surface area contributed by atoms with Gasteiger partial charge >= 0.3 is 0 Å². The van der Waals surface area contributed by atoms with Gasteiger partial charge in [-0.1, -0.05) is 30.7 Å². The molecule has 0 N–H and O–H groups in total. The zero-order valence-corrected chi connectivity index (χ0v) is 21.0. The van der Waals surface area contributed by atoms with Crippen LogP contribution < -0.4 is 9.47 Å². The molecule has 0 radical (unpaired) electrons. The average Bonchev–Trinajstić information content (AvgIpc) is 3.29. The number of hydrazone groups is 1. The lowest BCUT2D eigenvalue weighted by atomic mass is 9.94. The van der Waals surface area contributed by atoms with Crippen LogP contribution in [0.3, 0.4) is 0 Å². The number of methoxy groups -OCH3 is 2. The molecule has 1 saturated heterocycles. The van der Waals surface area contributed by atoms with Crippen LogP contribution in [0.15, 0.2) is 41.5 Å². The molecule has 1 fully saturated rings. The lowest BCUT2D eigenvalue weighted by Gasteiger charge is -2.34. The molecule has 2 aromatic carbocycles. The summed E-state index contributed by atoms with van der Waals surface area (Å²) in [5.74, 6) is 1.46. The Labute approximate surface area is 202 Å². The van der Waals surface area contributed by atoms with Gasteiger partial charge in [-0.05, 0) is 43.7 Å². The van der Waals surface area contributed by atoms with E-state index in [1.807, 2.05) is 18.2 Å². The number of rotatable bonds is 7. The van der Waals surface area contributed by atoms with Crippen LogP contribution in [0, 0.1) is 13.8 Å². The summed E-state index contributed by atoms with van der Waals surface area (Å²) in [6, 6.07) is 12.0. The van der Waals surface area contributed by atoms with Crippen molar-refractivity contribution in [2.75, 3.05) is 53.5 Å². The smallest absolute Gasteiger partial charge is 0.257 e. The molecule has 0 aromatic heterocycles. The number of hydrogen-bond donors (Lipinski definition) is 0. The minimum atomic E-state index is -0.133. The van der Waals surface area contributed by atoms with Gasteiger partial charge in [-0.3, -0.25) is 9.69 Å². The standard InChI is InChI=1S/C27H36N4O3/c1-6-29-11-13-30(14-12-29)18-27(32)31-25(22-9-7-19(2)15-20(22)3)17-24(28-31)23-10-8-21(33-4)16-26(23)34-5/h7-10,15-16,25H,6,11-14,17-18H2,1-5H3. The number of hydrogen-bond acceptors (Lipinski definition) is 6. The monoisotopic (exact) mass is 464 g/mol. The van der Waals surface area contributed by atoms with Gasteiger partial charge in [0.05, 0.1) is 32.5 Å². The number of amides is 1. The van der Waals surface area contributed by atoms with E-state index in [0.29, 0.717) is 18.7 Å². The van der Waals surface area contributed by atoms with Gasteiger partial charge in [-0.15, -0.1) is 0 Å². The average molecular weight is 465 g/mol. The number of likely N-dealkylation sites (N-methyl/N-ethyl adjacent to an activating group) is 1. The Balaban J connectivity index is 1.63. The van der Waals surface area contributed by atoms with E-state index in [1.165, 1.54) is 11.1 Å². The third-order valence-corrected chi connectivity index (χ3v) is 6.94. The molecule has 7 heteroatoms. The summed E-state index contributed by atoms with van der Waals surface area (Å²) in [5, 5.41) is 6.59. The topological polar surface area (TPSA) is 57.6 Å². The maximum Gasteiger partial charge on any atom is 0.257 e. The van der Waals surface area contributed by atoms with Crippen molar-refractivity contribution in [2.24, 2.45) is 5.10 Å². The number of aryl methyl sites for hydroxylation is 2. The first-order chi connectivity index (χ1) is 16.4. The Bertz CT molecular complexity index is 1060. The van der Waals surface area contributed by atoms with Crippen molar-refractivity contribution in [3.63, 3.8) is 0 Å². The van der Waals surface area contributed by atoms with Crippen molar-refractivity contribution in [3.05, 3.63) is 58.7 Å². The summed E-state index contributed by atoms with van der Waals surface area (Å²) < 4.78 is 11.0. The summed E-state index contributed by atoms with van der Waals surface area (Å²) in [5.41, 5.74) is 5.28.